The van der Waals surface area contributed by atoms with E-state index in [2.05, 4.69) is 90.4 Å². The van der Waals surface area contributed by atoms with Crippen LogP contribution in [0.2, 0.25) is 0 Å². The minimum atomic E-state index is 0.304. The highest BCUT2D eigenvalue weighted by Crippen LogP contribution is 2.40. The molecule has 1 rings (SSSR count). The van der Waals surface area contributed by atoms with Gasteiger partial charge in [-0.3, -0.25) is 0 Å². The maximum atomic E-state index is 12.7. The van der Waals surface area contributed by atoms with Gasteiger partial charge in [-0.2, -0.15) is 3.89 Å². The van der Waals surface area contributed by atoms with Gasteiger partial charge in [0.05, 0.1) is 12.1 Å². The molecule has 0 aromatic heterocycles. The van der Waals surface area contributed by atoms with Gasteiger partial charge in [-0.1, -0.05) is 101 Å². The lowest BCUT2D eigenvalue weighted by atomic mass is 9.74. The quantitative estimate of drug-likeness (QED) is 0.226. The molecule has 0 amide bonds. The molecule has 0 bridgehead atoms. The van der Waals surface area contributed by atoms with Crippen LogP contribution in [0.3, 0.4) is 0 Å². The largest absolute Gasteiger partial charge is 0.317 e. The SMILES string of the molecule is C=C/C=C\C=C(\C(=C)C1=CC=CC1C(C)C(C)C(C)NC)C(C)CCC(C)/C(C)=C/C=C(\C)SF. The predicted octanol–water partition coefficient (Wildman–Crippen LogP) is 9.72. The summed E-state index contributed by atoms with van der Waals surface area (Å²) in [7, 11) is 2.04. The molecule has 6 unspecified atom stereocenters. The first kappa shape index (κ1) is 31.2. The zero-order chi connectivity index (χ0) is 26.5. The van der Waals surface area contributed by atoms with Gasteiger partial charge in [0.25, 0.3) is 0 Å². The molecule has 0 aliphatic heterocycles. The van der Waals surface area contributed by atoms with Crippen LogP contribution < -0.4 is 5.32 Å². The average Bonchev–Trinajstić information content (AvgIpc) is 3.36. The first-order valence-electron chi connectivity index (χ1n) is 13.0. The number of nitrogens with one attached hydrogen (secondary N) is 1. The van der Waals surface area contributed by atoms with Crippen LogP contribution in [-0.2, 0) is 0 Å². The fourth-order valence-corrected chi connectivity index (χ4v) is 4.71. The number of halogens is 1. The van der Waals surface area contributed by atoms with E-state index in [-0.39, 0.29) is 0 Å². The number of rotatable bonds is 15. The molecule has 0 aromatic carbocycles. The molecule has 0 radical (unpaired) electrons. The van der Waals surface area contributed by atoms with Gasteiger partial charge < -0.3 is 5.32 Å². The Kier molecular flexibility index (Phi) is 14.3. The fourth-order valence-electron chi connectivity index (χ4n) is 4.59. The summed E-state index contributed by atoms with van der Waals surface area (Å²) in [5, 5.41) is 3.42. The monoisotopic (exact) mass is 497 g/mol. The van der Waals surface area contributed by atoms with Crippen LogP contribution >= 0.6 is 12.1 Å². The molecule has 1 nitrogen and oxygen atoms in total. The molecule has 0 saturated carbocycles. The molecule has 3 heteroatoms. The van der Waals surface area contributed by atoms with Crippen molar-refractivity contribution in [2.75, 3.05) is 7.05 Å². The van der Waals surface area contributed by atoms with Crippen LogP contribution in [0.1, 0.15) is 61.3 Å². The van der Waals surface area contributed by atoms with Gasteiger partial charge in [0, 0.05) is 16.9 Å². The predicted molar refractivity (Wildman–Crippen MR) is 158 cm³/mol. The average molecular weight is 498 g/mol. The molecule has 0 heterocycles. The fraction of sp³-hybridized carbons (Fsp3) is 0.500. The van der Waals surface area contributed by atoms with E-state index in [1.54, 1.807) is 6.92 Å². The van der Waals surface area contributed by atoms with E-state index in [1.165, 1.54) is 16.7 Å². The summed E-state index contributed by atoms with van der Waals surface area (Å²) >= 11 is 0.304. The van der Waals surface area contributed by atoms with E-state index in [0.717, 1.165) is 18.4 Å². The Bertz CT molecular complexity index is 885. The summed E-state index contributed by atoms with van der Waals surface area (Å²) in [5.41, 5.74) is 5.07. The molecule has 0 fully saturated rings. The van der Waals surface area contributed by atoms with E-state index in [9.17, 15) is 3.89 Å². The summed E-state index contributed by atoms with van der Waals surface area (Å²) in [4.78, 5) is 0.682. The van der Waals surface area contributed by atoms with Crippen molar-refractivity contribution in [3.8, 4) is 0 Å². The van der Waals surface area contributed by atoms with Gasteiger partial charge >= 0.3 is 0 Å². The van der Waals surface area contributed by atoms with Crippen molar-refractivity contribution < 1.29 is 3.89 Å². The Labute approximate surface area is 220 Å². The summed E-state index contributed by atoms with van der Waals surface area (Å²) in [6.07, 6.45) is 20.9. The second kappa shape index (κ2) is 16.0. The number of hydrogen-bond acceptors (Lipinski definition) is 2. The number of allylic oxidation sites excluding steroid dienone is 14. The van der Waals surface area contributed by atoms with Crippen molar-refractivity contribution in [2.45, 2.75) is 67.3 Å². The molecule has 0 aromatic rings. The lowest BCUT2D eigenvalue weighted by Crippen LogP contribution is -2.35. The van der Waals surface area contributed by atoms with Crippen LogP contribution in [0.25, 0.3) is 0 Å². The normalized spacial score (nSPS) is 21.6. The van der Waals surface area contributed by atoms with Crippen LogP contribution in [0.5, 0.6) is 0 Å². The van der Waals surface area contributed by atoms with Crippen molar-refractivity contribution in [3.05, 3.63) is 95.0 Å². The molecule has 1 aliphatic rings. The summed E-state index contributed by atoms with van der Waals surface area (Å²) < 4.78 is 12.7. The highest BCUT2D eigenvalue weighted by molar-refractivity contribution is 7.98. The highest BCUT2D eigenvalue weighted by atomic mass is 32.2. The molecular weight excluding hydrogens is 449 g/mol. The summed E-state index contributed by atoms with van der Waals surface area (Å²) in [6, 6.07) is 0.456. The maximum absolute atomic E-state index is 12.7. The lowest BCUT2D eigenvalue weighted by molar-refractivity contribution is 0.274. The van der Waals surface area contributed by atoms with Crippen LogP contribution in [0.15, 0.2) is 95.0 Å². The van der Waals surface area contributed by atoms with Gasteiger partial charge in [0.2, 0.25) is 0 Å². The molecule has 194 valence electrons. The van der Waals surface area contributed by atoms with E-state index in [4.69, 9.17) is 0 Å². The molecule has 0 saturated heterocycles. The maximum Gasteiger partial charge on any atom is 0.0764 e. The Morgan fingerprint density at radius 3 is 2.31 bits per heavy atom. The van der Waals surface area contributed by atoms with Crippen molar-refractivity contribution in [2.24, 2.45) is 29.6 Å². The third-order valence-electron chi connectivity index (χ3n) is 7.86. The van der Waals surface area contributed by atoms with Gasteiger partial charge in [-0.05, 0) is 81.1 Å². The van der Waals surface area contributed by atoms with Gasteiger partial charge in [-0.15, -0.1) is 0 Å². The molecule has 35 heavy (non-hydrogen) atoms. The van der Waals surface area contributed by atoms with Gasteiger partial charge in [0.15, 0.2) is 0 Å². The molecule has 0 spiro atoms. The zero-order valence-corrected chi connectivity index (χ0v) is 24.1. The van der Waals surface area contributed by atoms with Gasteiger partial charge in [0.1, 0.15) is 0 Å². The Hall–Kier alpha value is -1.84. The van der Waals surface area contributed by atoms with Crippen molar-refractivity contribution in [1.29, 1.82) is 0 Å². The lowest BCUT2D eigenvalue weighted by Gasteiger charge is -2.32. The Balaban J connectivity index is 3.05. The third-order valence-corrected chi connectivity index (χ3v) is 8.24. The summed E-state index contributed by atoms with van der Waals surface area (Å²) in [5.74, 6) is 2.23. The standard InChI is InChI=1S/C32H48FNS/c1-11-12-13-15-30(24(4)19-18-22(2)23(3)20-21-25(5)35-33)28(8)32-17-14-16-31(32)27(7)26(6)29(9)34-10/h11-17,20-22,24,26-27,29,31,34H,1,8,18-19H2,2-7,9-10H3/b13-12-,23-20+,25-21+,30-15+. The smallest absolute Gasteiger partial charge is 0.0764 e. The topological polar surface area (TPSA) is 12.0 Å². The summed E-state index contributed by atoms with van der Waals surface area (Å²) in [6.45, 7) is 23.9. The minimum absolute atomic E-state index is 0.304. The van der Waals surface area contributed by atoms with Crippen molar-refractivity contribution in [3.63, 3.8) is 0 Å². The van der Waals surface area contributed by atoms with E-state index in [0.29, 0.717) is 52.7 Å². The third kappa shape index (κ3) is 9.61. The highest BCUT2D eigenvalue weighted by Gasteiger charge is 2.30. The first-order valence-corrected chi connectivity index (χ1v) is 13.7. The van der Waals surface area contributed by atoms with Gasteiger partial charge in [-0.25, -0.2) is 0 Å². The zero-order valence-electron chi connectivity index (χ0n) is 23.3. The van der Waals surface area contributed by atoms with Crippen molar-refractivity contribution >= 4 is 12.1 Å². The van der Waals surface area contributed by atoms with Crippen LogP contribution in [0.4, 0.5) is 3.89 Å². The van der Waals surface area contributed by atoms with E-state index >= 15 is 0 Å². The van der Waals surface area contributed by atoms with E-state index < -0.39 is 0 Å². The van der Waals surface area contributed by atoms with Crippen molar-refractivity contribution in [1.82, 2.24) is 5.32 Å². The molecule has 6 atom stereocenters. The molecular formula is C32H48FNS. The second-order valence-electron chi connectivity index (χ2n) is 10.2. The second-order valence-corrected chi connectivity index (χ2v) is 11.0. The minimum Gasteiger partial charge on any atom is -0.317 e. The number of hydrogen-bond donors (Lipinski definition) is 1. The van der Waals surface area contributed by atoms with E-state index in [1.807, 2.05) is 31.4 Å². The van der Waals surface area contributed by atoms with Crippen LogP contribution in [0, 0.1) is 29.6 Å². The van der Waals surface area contributed by atoms with Crippen LogP contribution in [-0.4, -0.2) is 13.1 Å². The first-order chi connectivity index (χ1) is 16.6. The molecule has 1 N–H and O–H groups in total. The molecule has 1 aliphatic carbocycles. The Morgan fingerprint density at radius 2 is 1.71 bits per heavy atom. The Morgan fingerprint density at radius 1 is 1.06 bits per heavy atom.